The van der Waals surface area contributed by atoms with Crippen LogP contribution < -0.4 is 0 Å². The van der Waals surface area contributed by atoms with E-state index >= 15 is 0 Å². The van der Waals surface area contributed by atoms with Crippen molar-refractivity contribution in [1.82, 2.24) is 15.0 Å². The third-order valence-electron chi connectivity index (χ3n) is 10.3. The maximum atomic E-state index is 6.76. The smallest absolute Gasteiger partial charge is 0.164 e. The lowest BCUT2D eigenvalue weighted by Gasteiger charge is -2.10. The van der Waals surface area contributed by atoms with Gasteiger partial charge in [-0.2, -0.15) is 0 Å². The van der Waals surface area contributed by atoms with Crippen LogP contribution >= 0.6 is 0 Å². The predicted octanol–water partition coefficient (Wildman–Crippen LogP) is 13.2. The van der Waals surface area contributed by atoms with Crippen molar-refractivity contribution in [3.8, 4) is 56.4 Å². The Kier molecular flexibility index (Phi) is 6.79. The van der Waals surface area contributed by atoms with Gasteiger partial charge in [0, 0.05) is 43.8 Å². The second-order valence-electron chi connectivity index (χ2n) is 13.6. The summed E-state index contributed by atoms with van der Waals surface area (Å²) in [5, 5.41) is 6.70. The molecule has 0 unspecified atom stereocenters. The number of benzene rings is 8. The molecule has 0 bridgehead atoms. The number of rotatable bonds is 5. The fourth-order valence-corrected chi connectivity index (χ4v) is 7.67. The van der Waals surface area contributed by atoms with E-state index in [1.807, 2.05) is 54.6 Å². The maximum absolute atomic E-state index is 6.76. The molecule has 0 atom stereocenters. The van der Waals surface area contributed by atoms with Crippen molar-refractivity contribution in [1.29, 1.82) is 0 Å². The summed E-state index contributed by atoms with van der Waals surface area (Å²) in [4.78, 5) is 15.0. The molecule has 252 valence electrons. The van der Waals surface area contributed by atoms with Gasteiger partial charge in [0.2, 0.25) is 0 Å². The summed E-state index contributed by atoms with van der Waals surface area (Å²) < 4.78 is 13.0. The zero-order valence-corrected chi connectivity index (χ0v) is 28.9. The number of hydrogen-bond acceptors (Lipinski definition) is 5. The van der Waals surface area contributed by atoms with Gasteiger partial charge in [0.25, 0.3) is 0 Å². The molecule has 0 radical (unpaired) electrons. The van der Waals surface area contributed by atoms with Crippen LogP contribution in [0.5, 0.6) is 0 Å². The topological polar surface area (TPSA) is 65.0 Å². The Labute approximate surface area is 309 Å². The molecule has 0 aliphatic rings. The molecule has 0 N–H and O–H groups in total. The summed E-state index contributed by atoms with van der Waals surface area (Å²) >= 11 is 0. The summed E-state index contributed by atoms with van der Waals surface area (Å²) in [5.41, 5.74) is 10.4. The van der Waals surface area contributed by atoms with Crippen LogP contribution in [0.2, 0.25) is 0 Å². The average Bonchev–Trinajstić information content (AvgIpc) is 3.81. The fraction of sp³-hybridized carbons (Fsp3) is 0. The molecule has 3 heterocycles. The molecule has 0 saturated heterocycles. The van der Waals surface area contributed by atoms with E-state index in [1.165, 1.54) is 5.39 Å². The van der Waals surface area contributed by atoms with Gasteiger partial charge in [-0.1, -0.05) is 140 Å². The Bertz CT molecular complexity index is 3200. The highest BCUT2D eigenvalue weighted by atomic mass is 16.3. The van der Waals surface area contributed by atoms with Crippen molar-refractivity contribution in [3.05, 3.63) is 176 Å². The van der Waals surface area contributed by atoms with Crippen LogP contribution in [-0.4, -0.2) is 15.0 Å². The lowest BCUT2D eigenvalue weighted by molar-refractivity contribution is 0.669. The minimum Gasteiger partial charge on any atom is -0.456 e. The third kappa shape index (κ3) is 4.98. The van der Waals surface area contributed by atoms with E-state index < -0.39 is 0 Å². The van der Waals surface area contributed by atoms with Gasteiger partial charge in [-0.15, -0.1) is 0 Å². The van der Waals surface area contributed by atoms with Crippen molar-refractivity contribution in [2.45, 2.75) is 0 Å². The molecule has 11 aromatic rings. The van der Waals surface area contributed by atoms with E-state index in [1.54, 1.807) is 0 Å². The summed E-state index contributed by atoms with van der Waals surface area (Å²) in [7, 11) is 0. The quantitative estimate of drug-likeness (QED) is 0.180. The molecule has 5 heteroatoms. The molecule has 54 heavy (non-hydrogen) atoms. The Morgan fingerprint density at radius 3 is 1.59 bits per heavy atom. The summed E-state index contributed by atoms with van der Waals surface area (Å²) in [5.74, 6) is 1.78. The van der Waals surface area contributed by atoms with Gasteiger partial charge in [-0.3, -0.25) is 0 Å². The second-order valence-corrected chi connectivity index (χ2v) is 13.6. The number of furan rings is 2. The number of hydrogen-bond donors (Lipinski definition) is 0. The molecular weight excluding hydrogens is 663 g/mol. The Morgan fingerprint density at radius 1 is 0.315 bits per heavy atom. The minimum absolute atomic E-state index is 0.582. The monoisotopic (exact) mass is 691 g/mol. The van der Waals surface area contributed by atoms with Gasteiger partial charge >= 0.3 is 0 Å². The first-order valence-electron chi connectivity index (χ1n) is 18.0. The second kappa shape index (κ2) is 12.1. The third-order valence-corrected chi connectivity index (χ3v) is 10.3. The summed E-state index contributed by atoms with van der Waals surface area (Å²) in [6.07, 6.45) is 0. The van der Waals surface area contributed by atoms with E-state index in [4.69, 9.17) is 23.8 Å². The summed E-state index contributed by atoms with van der Waals surface area (Å²) in [6, 6.07) is 60.5. The lowest BCUT2D eigenvalue weighted by atomic mass is 9.94. The van der Waals surface area contributed by atoms with E-state index in [0.29, 0.717) is 17.5 Å². The molecule has 0 aliphatic heterocycles. The van der Waals surface area contributed by atoms with Gasteiger partial charge < -0.3 is 8.83 Å². The predicted molar refractivity (Wildman–Crippen MR) is 219 cm³/mol. The first-order valence-corrected chi connectivity index (χ1v) is 18.0. The highest BCUT2D eigenvalue weighted by Gasteiger charge is 2.19. The zero-order valence-electron chi connectivity index (χ0n) is 28.9. The lowest BCUT2D eigenvalue weighted by Crippen LogP contribution is -2.00. The van der Waals surface area contributed by atoms with Crippen molar-refractivity contribution in [3.63, 3.8) is 0 Å². The number of para-hydroxylation sites is 1. The normalized spacial score (nSPS) is 11.7. The first-order chi connectivity index (χ1) is 26.7. The number of aromatic nitrogens is 3. The standard InChI is InChI=1S/C49H29N3O2/c1-3-11-30(12-4-1)37-25-26-38(46-45(37)41-27-34-15-7-8-16-35(34)28-44(41)54-46)31-19-21-33(22-20-31)48-50-47(32-13-5-2-6-14-32)51-49(52-48)36-23-24-40-39-17-9-10-18-42(39)53-43(40)29-36/h1-29H. The van der Waals surface area contributed by atoms with Gasteiger partial charge in [0.15, 0.2) is 17.5 Å². The van der Waals surface area contributed by atoms with E-state index in [2.05, 4.69) is 121 Å². The zero-order chi connectivity index (χ0) is 35.6. The molecular formula is C49H29N3O2. The Balaban J connectivity index is 1.05. The van der Waals surface area contributed by atoms with Crippen molar-refractivity contribution >= 4 is 54.6 Å². The fourth-order valence-electron chi connectivity index (χ4n) is 7.67. The molecule has 11 rings (SSSR count). The van der Waals surface area contributed by atoms with E-state index in [0.717, 1.165) is 88.2 Å². The Hall–Kier alpha value is -7.37. The summed E-state index contributed by atoms with van der Waals surface area (Å²) in [6.45, 7) is 0. The van der Waals surface area contributed by atoms with Gasteiger partial charge in [0.05, 0.1) is 0 Å². The van der Waals surface area contributed by atoms with E-state index in [-0.39, 0.29) is 0 Å². The van der Waals surface area contributed by atoms with Crippen molar-refractivity contribution in [2.24, 2.45) is 0 Å². The molecule has 0 fully saturated rings. The highest BCUT2D eigenvalue weighted by Crippen LogP contribution is 2.43. The van der Waals surface area contributed by atoms with Crippen LogP contribution in [0, 0.1) is 0 Å². The van der Waals surface area contributed by atoms with Crippen LogP contribution in [0.4, 0.5) is 0 Å². The first kappa shape index (κ1) is 30.3. The highest BCUT2D eigenvalue weighted by molar-refractivity contribution is 6.18. The molecule has 5 nitrogen and oxygen atoms in total. The van der Waals surface area contributed by atoms with E-state index in [9.17, 15) is 0 Å². The van der Waals surface area contributed by atoms with Gasteiger partial charge in [-0.05, 0) is 63.9 Å². The van der Waals surface area contributed by atoms with Crippen LogP contribution in [0.3, 0.4) is 0 Å². The largest absolute Gasteiger partial charge is 0.456 e. The molecule has 0 saturated carbocycles. The van der Waals surface area contributed by atoms with Crippen molar-refractivity contribution < 1.29 is 8.83 Å². The maximum Gasteiger partial charge on any atom is 0.164 e. The number of fused-ring (bicyclic) bond motifs is 7. The van der Waals surface area contributed by atoms with Crippen LogP contribution in [0.15, 0.2) is 185 Å². The molecule has 0 amide bonds. The molecule has 0 spiro atoms. The molecule has 8 aromatic carbocycles. The SMILES string of the molecule is c1ccc(-c2nc(-c3ccc(-c4ccc(-c5ccccc5)c5c4oc4cc6ccccc6cc45)cc3)nc(-c3ccc4c(c3)oc3ccccc34)n2)cc1. The van der Waals surface area contributed by atoms with Crippen molar-refractivity contribution in [2.75, 3.05) is 0 Å². The van der Waals surface area contributed by atoms with Crippen LogP contribution in [-0.2, 0) is 0 Å². The van der Waals surface area contributed by atoms with Gasteiger partial charge in [0.1, 0.15) is 22.3 Å². The molecule has 0 aliphatic carbocycles. The van der Waals surface area contributed by atoms with Crippen LogP contribution in [0.25, 0.3) is 111 Å². The Morgan fingerprint density at radius 2 is 0.833 bits per heavy atom. The number of nitrogens with zero attached hydrogens (tertiary/aromatic N) is 3. The minimum atomic E-state index is 0.582. The van der Waals surface area contributed by atoms with Crippen LogP contribution in [0.1, 0.15) is 0 Å². The van der Waals surface area contributed by atoms with Gasteiger partial charge in [-0.25, -0.2) is 15.0 Å². The average molecular weight is 692 g/mol. The molecule has 3 aromatic heterocycles.